The van der Waals surface area contributed by atoms with Gasteiger partial charge < -0.3 is 15.3 Å². The van der Waals surface area contributed by atoms with E-state index in [0.29, 0.717) is 6.04 Å². The van der Waals surface area contributed by atoms with Gasteiger partial charge in [0.2, 0.25) is 0 Å². The molecular formula is C15H24N2O. The SMILES string of the molecule is Cc1cccc(N2CC(C)(C)NCC2CCO)c1. The van der Waals surface area contributed by atoms with Gasteiger partial charge in [0.15, 0.2) is 0 Å². The summed E-state index contributed by atoms with van der Waals surface area (Å²) in [6.07, 6.45) is 0.816. The van der Waals surface area contributed by atoms with Crippen LogP contribution < -0.4 is 10.2 Å². The predicted octanol–water partition coefficient (Wildman–Crippen LogP) is 1.93. The van der Waals surface area contributed by atoms with Crippen molar-refractivity contribution in [1.29, 1.82) is 0 Å². The van der Waals surface area contributed by atoms with Crippen molar-refractivity contribution in [3.8, 4) is 0 Å². The number of benzene rings is 1. The molecule has 0 saturated carbocycles. The molecule has 0 aromatic heterocycles. The lowest BCUT2D eigenvalue weighted by molar-refractivity contribution is 0.241. The Morgan fingerprint density at radius 3 is 2.89 bits per heavy atom. The third-order valence-corrected chi connectivity index (χ3v) is 3.62. The number of rotatable bonds is 3. The molecule has 0 bridgehead atoms. The number of aliphatic hydroxyl groups is 1. The van der Waals surface area contributed by atoms with E-state index in [1.807, 2.05) is 0 Å². The molecule has 1 aromatic carbocycles. The van der Waals surface area contributed by atoms with Gasteiger partial charge in [0.1, 0.15) is 0 Å². The van der Waals surface area contributed by atoms with E-state index in [1.54, 1.807) is 0 Å². The maximum Gasteiger partial charge on any atom is 0.0451 e. The minimum Gasteiger partial charge on any atom is -0.396 e. The van der Waals surface area contributed by atoms with E-state index >= 15 is 0 Å². The standard InChI is InChI=1S/C15H24N2O/c1-12-5-4-6-13(9-12)17-11-15(2,3)16-10-14(17)7-8-18/h4-6,9,14,16,18H,7-8,10-11H2,1-3H3. The summed E-state index contributed by atoms with van der Waals surface area (Å²) >= 11 is 0. The maximum atomic E-state index is 9.21. The predicted molar refractivity (Wildman–Crippen MR) is 76.1 cm³/mol. The van der Waals surface area contributed by atoms with E-state index < -0.39 is 0 Å². The summed E-state index contributed by atoms with van der Waals surface area (Å²) in [5.41, 5.74) is 2.67. The summed E-state index contributed by atoms with van der Waals surface area (Å²) in [4.78, 5) is 2.43. The van der Waals surface area contributed by atoms with Crippen LogP contribution in [0.2, 0.25) is 0 Å². The third kappa shape index (κ3) is 3.03. The molecule has 1 unspecified atom stereocenters. The molecule has 100 valence electrons. The van der Waals surface area contributed by atoms with E-state index in [9.17, 15) is 5.11 Å². The number of aryl methyl sites for hydroxylation is 1. The quantitative estimate of drug-likeness (QED) is 0.858. The van der Waals surface area contributed by atoms with Crippen LogP contribution in [0.3, 0.4) is 0 Å². The largest absolute Gasteiger partial charge is 0.396 e. The average Bonchev–Trinajstić information content (AvgIpc) is 2.31. The van der Waals surface area contributed by atoms with Crippen LogP contribution in [0.15, 0.2) is 24.3 Å². The van der Waals surface area contributed by atoms with Gasteiger partial charge >= 0.3 is 0 Å². The second-order valence-corrected chi connectivity index (χ2v) is 5.90. The zero-order chi connectivity index (χ0) is 13.2. The smallest absolute Gasteiger partial charge is 0.0451 e. The minimum atomic E-state index is 0.121. The van der Waals surface area contributed by atoms with Gasteiger partial charge in [0.25, 0.3) is 0 Å². The molecular weight excluding hydrogens is 224 g/mol. The summed E-state index contributed by atoms with van der Waals surface area (Å²) < 4.78 is 0. The molecule has 0 spiro atoms. The van der Waals surface area contributed by atoms with Crippen molar-refractivity contribution in [3.05, 3.63) is 29.8 Å². The van der Waals surface area contributed by atoms with Crippen molar-refractivity contribution in [2.45, 2.75) is 38.8 Å². The molecule has 1 atom stereocenters. The normalized spacial score (nSPS) is 23.1. The fourth-order valence-electron chi connectivity index (χ4n) is 2.63. The Hall–Kier alpha value is -1.06. The Kier molecular flexibility index (Phi) is 3.93. The van der Waals surface area contributed by atoms with Gasteiger partial charge in [-0.3, -0.25) is 0 Å². The van der Waals surface area contributed by atoms with Crippen LogP contribution in [-0.2, 0) is 0 Å². The highest BCUT2D eigenvalue weighted by Crippen LogP contribution is 2.25. The van der Waals surface area contributed by atoms with Crippen LogP contribution >= 0.6 is 0 Å². The van der Waals surface area contributed by atoms with Gasteiger partial charge in [0, 0.05) is 37.0 Å². The molecule has 0 aliphatic carbocycles. The Morgan fingerprint density at radius 1 is 1.44 bits per heavy atom. The van der Waals surface area contributed by atoms with E-state index in [0.717, 1.165) is 19.5 Å². The molecule has 3 nitrogen and oxygen atoms in total. The first-order valence-corrected chi connectivity index (χ1v) is 6.71. The van der Waals surface area contributed by atoms with Crippen LogP contribution in [-0.4, -0.2) is 36.4 Å². The molecule has 3 heteroatoms. The average molecular weight is 248 g/mol. The zero-order valence-corrected chi connectivity index (χ0v) is 11.6. The Labute approximate surface area is 110 Å². The van der Waals surface area contributed by atoms with Crippen LogP contribution in [0.4, 0.5) is 5.69 Å². The Balaban J connectivity index is 2.24. The van der Waals surface area contributed by atoms with Gasteiger partial charge in [-0.15, -0.1) is 0 Å². The number of nitrogens with one attached hydrogen (secondary N) is 1. The lowest BCUT2D eigenvalue weighted by Gasteiger charge is -2.46. The minimum absolute atomic E-state index is 0.121. The Morgan fingerprint density at radius 2 is 2.22 bits per heavy atom. The molecule has 1 saturated heterocycles. The summed E-state index contributed by atoms with van der Waals surface area (Å²) in [5.74, 6) is 0. The third-order valence-electron chi connectivity index (χ3n) is 3.62. The molecule has 0 radical (unpaired) electrons. The lowest BCUT2D eigenvalue weighted by atomic mass is 9.96. The van der Waals surface area contributed by atoms with E-state index in [4.69, 9.17) is 0 Å². The second-order valence-electron chi connectivity index (χ2n) is 5.90. The Bertz CT molecular complexity index is 403. The molecule has 1 aromatic rings. The van der Waals surface area contributed by atoms with Crippen LogP contribution in [0.5, 0.6) is 0 Å². The summed E-state index contributed by atoms with van der Waals surface area (Å²) in [6, 6.07) is 9.00. The monoisotopic (exact) mass is 248 g/mol. The summed E-state index contributed by atoms with van der Waals surface area (Å²) in [6.45, 7) is 8.73. The number of hydrogen-bond acceptors (Lipinski definition) is 3. The summed E-state index contributed by atoms with van der Waals surface area (Å²) in [7, 11) is 0. The number of aliphatic hydroxyl groups excluding tert-OH is 1. The maximum absolute atomic E-state index is 9.21. The van der Waals surface area contributed by atoms with Crippen LogP contribution in [0.1, 0.15) is 25.8 Å². The lowest BCUT2D eigenvalue weighted by Crippen LogP contribution is -2.62. The van der Waals surface area contributed by atoms with E-state index in [2.05, 4.69) is 55.3 Å². The van der Waals surface area contributed by atoms with Crippen molar-refractivity contribution in [2.24, 2.45) is 0 Å². The van der Waals surface area contributed by atoms with E-state index in [-0.39, 0.29) is 12.1 Å². The van der Waals surface area contributed by atoms with Crippen LogP contribution in [0.25, 0.3) is 0 Å². The molecule has 1 heterocycles. The van der Waals surface area contributed by atoms with Gasteiger partial charge in [-0.1, -0.05) is 12.1 Å². The second kappa shape index (κ2) is 5.29. The number of anilines is 1. The fourth-order valence-corrected chi connectivity index (χ4v) is 2.63. The molecule has 2 N–H and O–H groups in total. The van der Waals surface area contributed by atoms with Crippen molar-refractivity contribution < 1.29 is 5.11 Å². The first-order valence-electron chi connectivity index (χ1n) is 6.71. The highest BCUT2D eigenvalue weighted by atomic mass is 16.3. The topological polar surface area (TPSA) is 35.5 Å². The van der Waals surface area contributed by atoms with Gasteiger partial charge in [-0.05, 0) is 44.9 Å². The molecule has 18 heavy (non-hydrogen) atoms. The number of piperazine rings is 1. The van der Waals surface area contributed by atoms with Crippen molar-refractivity contribution >= 4 is 5.69 Å². The zero-order valence-electron chi connectivity index (χ0n) is 11.6. The highest BCUT2D eigenvalue weighted by molar-refractivity contribution is 5.50. The highest BCUT2D eigenvalue weighted by Gasteiger charge is 2.32. The van der Waals surface area contributed by atoms with Crippen molar-refractivity contribution in [2.75, 3.05) is 24.6 Å². The molecule has 0 amide bonds. The molecule has 1 aliphatic rings. The summed E-state index contributed by atoms with van der Waals surface area (Å²) in [5, 5.41) is 12.8. The van der Waals surface area contributed by atoms with Crippen molar-refractivity contribution in [3.63, 3.8) is 0 Å². The number of nitrogens with zero attached hydrogens (tertiary/aromatic N) is 1. The van der Waals surface area contributed by atoms with Crippen LogP contribution in [0, 0.1) is 6.92 Å². The van der Waals surface area contributed by atoms with Crippen molar-refractivity contribution in [1.82, 2.24) is 5.32 Å². The first kappa shape index (κ1) is 13.4. The molecule has 1 fully saturated rings. The fraction of sp³-hybridized carbons (Fsp3) is 0.600. The van der Waals surface area contributed by atoms with Gasteiger partial charge in [-0.2, -0.15) is 0 Å². The van der Waals surface area contributed by atoms with Gasteiger partial charge in [0.05, 0.1) is 0 Å². The molecule has 2 rings (SSSR count). The first-order chi connectivity index (χ1) is 8.52. The van der Waals surface area contributed by atoms with E-state index in [1.165, 1.54) is 11.3 Å². The molecule has 1 aliphatic heterocycles. The number of hydrogen-bond donors (Lipinski definition) is 2. The van der Waals surface area contributed by atoms with Gasteiger partial charge in [-0.25, -0.2) is 0 Å².